The van der Waals surface area contributed by atoms with Crippen molar-refractivity contribution >= 4 is 46.9 Å². The van der Waals surface area contributed by atoms with Crippen molar-refractivity contribution in [3.8, 4) is 0 Å². The van der Waals surface area contributed by atoms with Crippen LogP contribution in [0.1, 0.15) is 79.1 Å². The quantitative estimate of drug-likeness (QED) is 0.136. The highest BCUT2D eigenvalue weighted by Crippen LogP contribution is 2.19. The summed E-state index contributed by atoms with van der Waals surface area (Å²) in [5.41, 5.74) is 5.36. The molecule has 0 fully saturated rings. The maximum atomic E-state index is 2.33. The van der Waals surface area contributed by atoms with Crippen LogP contribution in [0.3, 0.4) is 0 Å². The molecule has 0 aliphatic rings. The second kappa shape index (κ2) is 21.6. The Hall–Kier alpha value is 0.295. The highest BCUT2D eigenvalue weighted by molar-refractivity contribution is 8.05. The second-order valence-electron chi connectivity index (χ2n) is 9.91. The van der Waals surface area contributed by atoms with E-state index in [-0.39, 0.29) is 0 Å². The fraction of sp³-hybridized carbons (Fsp3) is 0.786. The Morgan fingerprint density at radius 2 is 0.909 bits per heavy atom. The predicted octanol–water partition coefficient (Wildman–Crippen LogP) is 8.05. The molecule has 0 aromatic heterocycles. The summed E-state index contributed by atoms with van der Waals surface area (Å²) in [5, 5.41) is 0. The van der Waals surface area contributed by atoms with Crippen LogP contribution in [0, 0.1) is 0 Å². The Kier molecular flexibility index (Phi) is 21.8. The molecule has 0 bridgehead atoms. The third kappa shape index (κ3) is 13.8. The van der Waals surface area contributed by atoms with E-state index in [0.29, 0.717) is 0 Å². The van der Waals surface area contributed by atoms with Crippen molar-refractivity contribution in [2.45, 2.75) is 79.1 Å². The van der Waals surface area contributed by atoms with E-state index in [1.807, 2.05) is 35.3 Å². The average molecular weight is 514 g/mol. The van der Waals surface area contributed by atoms with Crippen LogP contribution in [-0.2, 0) is 0 Å². The van der Waals surface area contributed by atoms with E-state index in [9.17, 15) is 0 Å². The molecule has 1 rings (SSSR count). The first-order valence-corrected chi connectivity index (χ1v) is 17.8. The molecule has 0 spiro atoms. The van der Waals surface area contributed by atoms with Crippen molar-refractivity contribution in [3.05, 3.63) is 30.3 Å². The molecule has 0 aliphatic carbocycles. The highest BCUT2D eigenvalue weighted by Gasteiger charge is 2.25. The number of quaternary nitrogens is 1. The Morgan fingerprint density at radius 1 is 0.576 bits per heavy atom. The zero-order valence-electron chi connectivity index (χ0n) is 23.2. The summed E-state index contributed by atoms with van der Waals surface area (Å²) in [6, 6.07) is 11.1. The number of nitrogens with zero attached hydrogens (tertiary/aromatic N) is 1. The molecule has 0 atom stereocenters. The van der Waals surface area contributed by atoms with Gasteiger partial charge in [-0.15, -0.1) is 17.0 Å². The van der Waals surface area contributed by atoms with Gasteiger partial charge in [0.15, 0.2) is 0 Å². The molecule has 0 heterocycles. The summed E-state index contributed by atoms with van der Waals surface area (Å²) >= 11 is 5.95. The van der Waals surface area contributed by atoms with Crippen LogP contribution < -0.4 is 5.46 Å². The third-order valence-corrected chi connectivity index (χ3v) is 9.82. The lowest BCUT2D eigenvalue weighted by Gasteiger charge is -2.39. The predicted molar refractivity (Wildman–Crippen MR) is 166 cm³/mol. The van der Waals surface area contributed by atoms with Crippen LogP contribution in [0.15, 0.2) is 30.3 Å². The molecule has 0 N–H and O–H groups in total. The number of thioether (sulfide) groups is 3. The first-order valence-electron chi connectivity index (χ1n) is 13.6. The Labute approximate surface area is 221 Å². The number of rotatable bonds is 19. The lowest BCUT2D eigenvalue weighted by Crippen LogP contribution is -2.56. The summed E-state index contributed by atoms with van der Waals surface area (Å²) in [5.74, 6) is 0. The number of unbranched alkanes of at least 4 members (excludes halogenated alkanes) is 4. The van der Waals surface area contributed by atoms with E-state index in [0.717, 1.165) is 0 Å². The monoisotopic (exact) mass is 513 g/mol. The van der Waals surface area contributed by atoms with Crippen molar-refractivity contribution in [1.82, 2.24) is 0 Å². The first-order chi connectivity index (χ1) is 16.0. The fourth-order valence-electron chi connectivity index (χ4n) is 4.90. The van der Waals surface area contributed by atoms with Crippen molar-refractivity contribution in [1.29, 1.82) is 0 Å². The van der Waals surface area contributed by atoms with E-state index in [1.165, 1.54) is 99.0 Å². The molecule has 1 aromatic rings. The van der Waals surface area contributed by atoms with Gasteiger partial charge in [-0.05, 0) is 44.5 Å². The fourth-order valence-corrected chi connectivity index (χ4v) is 8.54. The lowest BCUT2D eigenvalue weighted by atomic mass is 9.26. The topological polar surface area (TPSA) is 0 Å². The van der Waals surface area contributed by atoms with Crippen LogP contribution in [0.5, 0.6) is 0 Å². The van der Waals surface area contributed by atoms with Gasteiger partial charge < -0.3 is 4.48 Å². The third-order valence-electron chi connectivity index (χ3n) is 6.91. The SMILES string of the molecule is CCCC[N+](CCCC)(CCCC)CCCC.CSC[B-](CSC)(CSC)c1ccccc1. The van der Waals surface area contributed by atoms with E-state index in [2.05, 4.69) is 76.8 Å². The number of hydrogen-bond donors (Lipinski definition) is 0. The minimum Gasteiger partial charge on any atom is -0.324 e. The average Bonchev–Trinajstić information content (AvgIpc) is 2.84. The van der Waals surface area contributed by atoms with Crippen molar-refractivity contribution in [2.75, 3.05) is 61.9 Å². The van der Waals surface area contributed by atoms with Gasteiger partial charge in [0.1, 0.15) is 0 Å². The van der Waals surface area contributed by atoms with Crippen LogP contribution in [0.25, 0.3) is 0 Å². The molecule has 0 unspecified atom stereocenters. The molecule has 0 aliphatic heterocycles. The number of benzene rings is 1. The van der Waals surface area contributed by atoms with Gasteiger partial charge in [0, 0.05) is 0 Å². The molecule has 194 valence electrons. The van der Waals surface area contributed by atoms with E-state index in [4.69, 9.17) is 0 Å². The van der Waals surface area contributed by atoms with E-state index >= 15 is 0 Å². The van der Waals surface area contributed by atoms with Crippen LogP contribution >= 0.6 is 35.3 Å². The minimum atomic E-state index is -0.394. The standard InChI is InChI=1S/C16H36N.C12H20BS3/c1-5-9-13-17(14-10-6-2,15-11-7-3)16-12-8-4;1-14-9-13(10-15-2,11-16-3)12-7-5-4-6-8-12/h5-16H2,1-4H3;4-8H,9-11H2,1-3H3/q+1;-1. The molecule has 0 radical (unpaired) electrons. The van der Waals surface area contributed by atoms with Gasteiger partial charge in [-0.3, -0.25) is 0 Å². The Balaban J connectivity index is 0.000000621. The van der Waals surface area contributed by atoms with Gasteiger partial charge in [-0.1, -0.05) is 83.7 Å². The smallest absolute Gasteiger partial charge is 0.0786 e. The maximum Gasteiger partial charge on any atom is 0.0786 e. The molecule has 33 heavy (non-hydrogen) atoms. The van der Waals surface area contributed by atoms with Crippen LogP contribution in [-0.4, -0.2) is 72.5 Å². The first kappa shape index (κ1) is 33.3. The summed E-state index contributed by atoms with van der Waals surface area (Å²) in [4.78, 5) is 0. The Morgan fingerprint density at radius 3 is 1.18 bits per heavy atom. The van der Waals surface area contributed by atoms with Gasteiger partial charge in [0.2, 0.25) is 0 Å². The summed E-state index contributed by atoms with van der Waals surface area (Å²) < 4.78 is 1.42. The normalized spacial score (nSPS) is 11.8. The van der Waals surface area contributed by atoms with Crippen molar-refractivity contribution in [3.63, 3.8) is 0 Å². The summed E-state index contributed by atoms with van der Waals surface area (Å²) in [6.07, 6.45) is 17.3. The van der Waals surface area contributed by atoms with Crippen LogP contribution in [0.4, 0.5) is 0 Å². The van der Waals surface area contributed by atoms with E-state index < -0.39 is 6.15 Å². The maximum absolute atomic E-state index is 2.33. The zero-order chi connectivity index (χ0) is 24.8. The molecule has 0 saturated heterocycles. The molecule has 0 saturated carbocycles. The highest BCUT2D eigenvalue weighted by atomic mass is 32.2. The van der Waals surface area contributed by atoms with Gasteiger partial charge in [-0.2, -0.15) is 0 Å². The molecular weight excluding hydrogens is 457 g/mol. The number of hydrogen-bond acceptors (Lipinski definition) is 3. The van der Waals surface area contributed by atoms with Crippen molar-refractivity contribution in [2.24, 2.45) is 0 Å². The Bertz CT molecular complexity index is 487. The lowest BCUT2D eigenvalue weighted by molar-refractivity contribution is -0.929. The zero-order valence-corrected chi connectivity index (χ0v) is 25.7. The molecule has 0 amide bonds. The van der Waals surface area contributed by atoms with Gasteiger partial charge in [0.25, 0.3) is 0 Å². The minimum absolute atomic E-state index is 0.394. The van der Waals surface area contributed by atoms with Crippen molar-refractivity contribution < 1.29 is 4.48 Å². The largest absolute Gasteiger partial charge is 0.324 e. The van der Waals surface area contributed by atoms with Gasteiger partial charge in [0.05, 0.1) is 32.3 Å². The van der Waals surface area contributed by atoms with Crippen LogP contribution in [0.2, 0.25) is 0 Å². The second-order valence-corrected chi connectivity index (χ2v) is 12.6. The molecule has 1 nitrogen and oxygen atoms in total. The molecular formula is C28H56BNS3. The molecule has 1 aromatic carbocycles. The van der Waals surface area contributed by atoms with E-state index in [1.54, 1.807) is 5.46 Å². The summed E-state index contributed by atoms with van der Waals surface area (Å²) in [6.45, 7) is 15.0. The summed E-state index contributed by atoms with van der Waals surface area (Å²) in [7, 11) is 0. The molecule has 5 heteroatoms. The van der Waals surface area contributed by atoms with Gasteiger partial charge in [-0.25, -0.2) is 40.7 Å². The van der Waals surface area contributed by atoms with Gasteiger partial charge >= 0.3 is 0 Å².